The molecule has 1 fully saturated rings. The van der Waals surface area contributed by atoms with E-state index in [-0.39, 0.29) is 11.9 Å². The highest BCUT2D eigenvalue weighted by Gasteiger charge is 2.30. The van der Waals surface area contributed by atoms with Crippen LogP contribution in [0.2, 0.25) is 0 Å². The lowest BCUT2D eigenvalue weighted by Crippen LogP contribution is -2.48. The number of nitrogens with one attached hydrogen (secondary N) is 2. The van der Waals surface area contributed by atoms with Crippen molar-refractivity contribution >= 4 is 16.9 Å². The predicted octanol–water partition coefficient (Wildman–Crippen LogP) is 1.76. The number of hydrogen-bond donors (Lipinski definition) is 2. The molecular weight excluding hydrogens is 316 g/mol. The van der Waals surface area contributed by atoms with Gasteiger partial charge in [-0.25, -0.2) is 4.98 Å². The first-order chi connectivity index (χ1) is 12.1. The van der Waals surface area contributed by atoms with Gasteiger partial charge in [0, 0.05) is 43.4 Å². The number of nitrogens with zero attached hydrogens (tertiary/aromatic N) is 4. The molecule has 0 bridgehead atoms. The molecule has 2 N–H and O–H groups in total. The van der Waals surface area contributed by atoms with Crippen LogP contribution in [0.25, 0.3) is 11.0 Å². The van der Waals surface area contributed by atoms with Crippen molar-refractivity contribution < 1.29 is 4.79 Å². The molecule has 1 atom stereocenters. The average Bonchev–Trinajstić information content (AvgIpc) is 3.02. The molecule has 0 aromatic carbocycles. The summed E-state index contributed by atoms with van der Waals surface area (Å²) in [4.78, 5) is 24.0. The molecule has 4 rings (SSSR count). The summed E-state index contributed by atoms with van der Waals surface area (Å²) in [6.45, 7) is 5.95. The molecule has 0 aliphatic carbocycles. The summed E-state index contributed by atoms with van der Waals surface area (Å²) in [6.07, 6.45) is 3.57. The molecule has 3 aromatic rings. The van der Waals surface area contributed by atoms with Crippen molar-refractivity contribution in [2.24, 2.45) is 0 Å². The number of hydrogen-bond acceptors (Lipinski definition) is 5. The van der Waals surface area contributed by atoms with Crippen LogP contribution in [-0.2, 0) is 0 Å². The third-order valence-corrected chi connectivity index (χ3v) is 4.64. The minimum absolute atomic E-state index is 0.00959. The Hall–Kier alpha value is -2.80. The molecule has 0 spiro atoms. The normalized spacial score (nSPS) is 17.8. The Morgan fingerprint density at radius 1 is 1.36 bits per heavy atom. The van der Waals surface area contributed by atoms with Gasteiger partial charge in [0.15, 0.2) is 5.65 Å². The van der Waals surface area contributed by atoms with E-state index in [0.29, 0.717) is 17.8 Å². The number of carbonyl (C=O) groups is 1. The molecule has 1 aliphatic heterocycles. The minimum Gasteiger partial charge on any atom is -0.329 e. The molecule has 3 aromatic heterocycles. The van der Waals surface area contributed by atoms with E-state index in [1.807, 2.05) is 43.1 Å². The second-order valence-electron chi connectivity index (χ2n) is 6.36. The molecule has 7 nitrogen and oxygen atoms in total. The number of aromatic amines is 1. The summed E-state index contributed by atoms with van der Waals surface area (Å²) in [6, 6.07) is 5.74. The van der Waals surface area contributed by atoms with Crippen LogP contribution >= 0.6 is 0 Å². The van der Waals surface area contributed by atoms with E-state index >= 15 is 0 Å². The van der Waals surface area contributed by atoms with E-state index in [9.17, 15) is 4.79 Å². The van der Waals surface area contributed by atoms with Crippen molar-refractivity contribution in [3.05, 3.63) is 53.1 Å². The highest BCUT2D eigenvalue weighted by Crippen LogP contribution is 2.27. The number of aryl methyl sites for hydroxylation is 2. The molecule has 1 unspecified atom stereocenters. The maximum absolute atomic E-state index is 13.4. The molecule has 25 heavy (non-hydrogen) atoms. The van der Waals surface area contributed by atoms with Crippen LogP contribution < -0.4 is 5.32 Å². The minimum atomic E-state index is -0.0364. The van der Waals surface area contributed by atoms with Gasteiger partial charge in [0.1, 0.15) is 0 Å². The molecule has 0 saturated carbocycles. The summed E-state index contributed by atoms with van der Waals surface area (Å²) in [5.74, 6) is 0.00959. The maximum Gasteiger partial charge on any atom is 0.255 e. The fraction of sp³-hybridized carbons (Fsp3) is 0.333. The lowest BCUT2D eigenvalue weighted by molar-refractivity contribution is 0.0636. The van der Waals surface area contributed by atoms with Gasteiger partial charge in [-0.15, -0.1) is 0 Å². The van der Waals surface area contributed by atoms with Crippen molar-refractivity contribution in [1.82, 2.24) is 30.4 Å². The summed E-state index contributed by atoms with van der Waals surface area (Å²) in [5.41, 5.74) is 3.93. The Balaban J connectivity index is 1.78. The molecule has 4 heterocycles. The zero-order valence-corrected chi connectivity index (χ0v) is 14.3. The van der Waals surface area contributed by atoms with Crippen LogP contribution in [0.3, 0.4) is 0 Å². The molecule has 7 heteroatoms. The van der Waals surface area contributed by atoms with E-state index in [4.69, 9.17) is 0 Å². The van der Waals surface area contributed by atoms with Crippen molar-refractivity contribution in [2.75, 3.05) is 19.6 Å². The molecule has 128 valence electrons. The van der Waals surface area contributed by atoms with Gasteiger partial charge in [0.2, 0.25) is 0 Å². The van der Waals surface area contributed by atoms with Crippen LogP contribution in [-0.4, -0.2) is 50.6 Å². The number of carbonyl (C=O) groups excluding carboxylic acids is 1. The SMILES string of the molecule is Cc1cc(C(=O)N2CCNCC2c2cccnc2)c2c(C)[nH]nc2n1. The lowest BCUT2D eigenvalue weighted by Gasteiger charge is -2.36. The van der Waals surface area contributed by atoms with Crippen LogP contribution in [0.1, 0.15) is 33.4 Å². The van der Waals surface area contributed by atoms with Gasteiger partial charge in [-0.1, -0.05) is 6.07 Å². The second-order valence-corrected chi connectivity index (χ2v) is 6.36. The fourth-order valence-corrected chi connectivity index (χ4v) is 3.44. The smallest absolute Gasteiger partial charge is 0.255 e. The number of fused-ring (bicyclic) bond motifs is 1. The number of aromatic nitrogens is 4. The Bertz CT molecular complexity index is 920. The van der Waals surface area contributed by atoms with Gasteiger partial charge < -0.3 is 10.2 Å². The van der Waals surface area contributed by atoms with Crippen LogP contribution in [0, 0.1) is 13.8 Å². The van der Waals surface area contributed by atoms with Crippen molar-refractivity contribution in [2.45, 2.75) is 19.9 Å². The first-order valence-corrected chi connectivity index (χ1v) is 8.39. The number of pyridine rings is 2. The molecule has 1 saturated heterocycles. The Morgan fingerprint density at radius 2 is 2.24 bits per heavy atom. The topological polar surface area (TPSA) is 86.8 Å². The van der Waals surface area contributed by atoms with E-state index in [1.54, 1.807) is 6.20 Å². The van der Waals surface area contributed by atoms with E-state index in [1.165, 1.54) is 0 Å². The van der Waals surface area contributed by atoms with Gasteiger partial charge >= 0.3 is 0 Å². The third-order valence-electron chi connectivity index (χ3n) is 4.64. The highest BCUT2D eigenvalue weighted by molar-refractivity contribution is 6.06. The highest BCUT2D eigenvalue weighted by atomic mass is 16.2. The van der Waals surface area contributed by atoms with Crippen molar-refractivity contribution in [3.8, 4) is 0 Å². The van der Waals surface area contributed by atoms with E-state index in [2.05, 4.69) is 25.5 Å². The Morgan fingerprint density at radius 3 is 3.04 bits per heavy atom. The van der Waals surface area contributed by atoms with Gasteiger partial charge in [0.05, 0.1) is 17.0 Å². The van der Waals surface area contributed by atoms with Crippen LogP contribution in [0.15, 0.2) is 30.6 Å². The fourth-order valence-electron chi connectivity index (χ4n) is 3.44. The maximum atomic E-state index is 13.4. The van der Waals surface area contributed by atoms with Gasteiger partial charge in [-0.3, -0.25) is 14.9 Å². The quantitative estimate of drug-likeness (QED) is 0.744. The second kappa shape index (κ2) is 6.25. The van der Waals surface area contributed by atoms with E-state index < -0.39 is 0 Å². The summed E-state index contributed by atoms with van der Waals surface area (Å²) < 4.78 is 0. The monoisotopic (exact) mass is 336 g/mol. The average molecular weight is 336 g/mol. The summed E-state index contributed by atoms with van der Waals surface area (Å²) >= 11 is 0. The standard InChI is InChI=1S/C18H20N6O/c1-11-8-14(16-12(2)22-23-17(16)21-11)18(25)24-7-6-20-10-15(24)13-4-3-5-19-9-13/h3-5,8-9,15,20H,6-7,10H2,1-2H3,(H,21,22,23). The molecule has 0 radical (unpaired) electrons. The number of piperazine rings is 1. The number of amides is 1. The summed E-state index contributed by atoms with van der Waals surface area (Å²) in [7, 11) is 0. The number of H-pyrrole nitrogens is 1. The molecule has 1 aliphatic rings. The van der Waals surface area contributed by atoms with Crippen LogP contribution in [0.4, 0.5) is 0 Å². The zero-order chi connectivity index (χ0) is 17.4. The Labute approximate surface area is 145 Å². The largest absolute Gasteiger partial charge is 0.329 e. The van der Waals surface area contributed by atoms with Crippen LogP contribution in [0.5, 0.6) is 0 Å². The predicted molar refractivity (Wildman–Crippen MR) is 94.2 cm³/mol. The molecular formula is C18H20N6O. The van der Waals surface area contributed by atoms with Gasteiger partial charge in [0.25, 0.3) is 5.91 Å². The molecule has 1 amide bonds. The van der Waals surface area contributed by atoms with Crippen molar-refractivity contribution in [3.63, 3.8) is 0 Å². The number of rotatable bonds is 2. The van der Waals surface area contributed by atoms with Gasteiger partial charge in [-0.2, -0.15) is 5.10 Å². The van der Waals surface area contributed by atoms with E-state index in [0.717, 1.165) is 35.4 Å². The first kappa shape index (κ1) is 15.7. The lowest BCUT2D eigenvalue weighted by atomic mass is 10.0. The Kier molecular flexibility index (Phi) is 3.93. The summed E-state index contributed by atoms with van der Waals surface area (Å²) in [5, 5.41) is 11.3. The van der Waals surface area contributed by atoms with Crippen molar-refractivity contribution in [1.29, 1.82) is 0 Å². The van der Waals surface area contributed by atoms with Gasteiger partial charge in [-0.05, 0) is 31.5 Å². The first-order valence-electron chi connectivity index (χ1n) is 8.39. The third kappa shape index (κ3) is 2.76. The zero-order valence-electron chi connectivity index (χ0n) is 14.3.